The Kier molecular flexibility index (Phi) is 4.89. The molecule has 1 N–H and O–H groups in total. The van der Waals surface area contributed by atoms with Crippen molar-refractivity contribution >= 4 is 11.8 Å². The third-order valence-corrected chi connectivity index (χ3v) is 4.52. The number of aliphatic hydroxyl groups is 1. The second kappa shape index (κ2) is 6.43. The molecule has 1 aliphatic rings. The minimum absolute atomic E-state index is 0.250. The summed E-state index contributed by atoms with van der Waals surface area (Å²) in [6.07, 6.45) is 1.92. The predicted octanol–water partition coefficient (Wildman–Crippen LogP) is 2.87. The van der Waals surface area contributed by atoms with Crippen LogP contribution in [0.5, 0.6) is 0 Å². The molecule has 1 aromatic carbocycles. The Bertz CT molecular complexity index is 348. The maximum absolute atomic E-state index is 10.1. The number of aliphatic hydroxyl groups excluding tert-OH is 1. The van der Waals surface area contributed by atoms with E-state index in [0.29, 0.717) is 5.92 Å². The topological polar surface area (TPSA) is 29.5 Å². The van der Waals surface area contributed by atoms with Gasteiger partial charge in [-0.2, -0.15) is 0 Å². The van der Waals surface area contributed by atoms with E-state index >= 15 is 0 Å². The highest BCUT2D eigenvalue weighted by Gasteiger charge is 2.22. The van der Waals surface area contributed by atoms with Crippen molar-refractivity contribution in [3.8, 4) is 0 Å². The highest BCUT2D eigenvalue weighted by Crippen LogP contribution is 2.26. The van der Waals surface area contributed by atoms with Gasteiger partial charge in [0.15, 0.2) is 0 Å². The van der Waals surface area contributed by atoms with Crippen molar-refractivity contribution in [3.05, 3.63) is 29.8 Å². The monoisotopic (exact) mass is 252 g/mol. The fourth-order valence-corrected chi connectivity index (χ4v) is 3.19. The van der Waals surface area contributed by atoms with Gasteiger partial charge in [0.25, 0.3) is 0 Å². The zero-order valence-corrected chi connectivity index (χ0v) is 11.1. The van der Waals surface area contributed by atoms with Gasteiger partial charge in [-0.15, -0.1) is 11.8 Å². The van der Waals surface area contributed by atoms with E-state index in [9.17, 15) is 5.11 Å². The fraction of sp³-hybridized carbons (Fsp3) is 0.571. The summed E-state index contributed by atoms with van der Waals surface area (Å²) >= 11 is 1.74. The van der Waals surface area contributed by atoms with Crippen molar-refractivity contribution < 1.29 is 9.84 Å². The van der Waals surface area contributed by atoms with Crippen LogP contribution in [0.25, 0.3) is 0 Å². The van der Waals surface area contributed by atoms with Crippen molar-refractivity contribution in [1.29, 1.82) is 0 Å². The van der Waals surface area contributed by atoms with Gasteiger partial charge in [0, 0.05) is 23.2 Å². The molecule has 0 aromatic heterocycles. The van der Waals surface area contributed by atoms with Gasteiger partial charge < -0.3 is 9.84 Å². The zero-order chi connectivity index (χ0) is 12.1. The van der Waals surface area contributed by atoms with Crippen molar-refractivity contribution in [1.82, 2.24) is 0 Å². The summed E-state index contributed by atoms with van der Waals surface area (Å²) < 4.78 is 5.41. The lowest BCUT2D eigenvalue weighted by atomic mass is 9.97. The quantitative estimate of drug-likeness (QED) is 0.836. The van der Waals surface area contributed by atoms with Crippen LogP contribution in [0.3, 0.4) is 0 Å². The molecular weight excluding hydrogens is 232 g/mol. The molecule has 0 radical (unpaired) electrons. The van der Waals surface area contributed by atoms with E-state index in [1.165, 1.54) is 10.5 Å². The molecule has 2 rings (SSSR count). The van der Waals surface area contributed by atoms with E-state index < -0.39 is 0 Å². The molecule has 0 bridgehead atoms. The third-order valence-electron chi connectivity index (χ3n) is 3.24. The average Bonchev–Trinajstić information content (AvgIpc) is 2.38. The lowest BCUT2D eigenvalue weighted by Gasteiger charge is -2.26. The molecule has 0 saturated carbocycles. The second-order valence-electron chi connectivity index (χ2n) is 4.62. The summed E-state index contributed by atoms with van der Waals surface area (Å²) in [7, 11) is 0. The molecule has 1 saturated heterocycles. The third kappa shape index (κ3) is 3.73. The first-order valence-corrected chi connectivity index (χ1v) is 7.20. The second-order valence-corrected chi connectivity index (χ2v) is 5.68. The van der Waals surface area contributed by atoms with E-state index in [0.717, 1.165) is 31.8 Å². The molecule has 0 spiro atoms. The smallest absolute Gasteiger partial charge is 0.0684 e. The molecule has 2 nitrogen and oxygen atoms in total. The van der Waals surface area contributed by atoms with Crippen LogP contribution in [-0.4, -0.2) is 30.2 Å². The summed E-state index contributed by atoms with van der Waals surface area (Å²) in [4.78, 5) is 1.27. The van der Waals surface area contributed by atoms with E-state index in [-0.39, 0.29) is 6.10 Å². The standard InChI is InChI=1S/C14H20O2S/c1-11-5-2-3-7-14(11)17-10-13(15)12-6-4-8-16-9-12/h2-3,5,7,12-13,15H,4,6,8-10H2,1H3. The normalized spacial score (nSPS) is 22.4. The summed E-state index contributed by atoms with van der Waals surface area (Å²) in [5, 5.41) is 10.1. The van der Waals surface area contributed by atoms with E-state index in [4.69, 9.17) is 4.74 Å². The molecule has 2 unspecified atom stereocenters. The maximum Gasteiger partial charge on any atom is 0.0684 e. The highest BCUT2D eigenvalue weighted by molar-refractivity contribution is 7.99. The van der Waals surface area contributed by atoms with Crippen LogP contribution in [-0.2, 0) is 4.74 Å². The maximum atomic E-state index is 10.1. The van der Waals surface area contributed by atoms with Gasteiger partial charge in [-0.25, -0.2) is 0 Å². The SMILES string of the molecule is Cc1ccccc1SCC(O)C1CCCOC1. The molecular formula is C14H20O2S. The first kappa shape index (κ1) is 12.9. The lowest BCUT2D eigenvalue weighted by Crippen LogP contribution is -2.30. The van der Waals surface area contributed by atoms with Crippen LogP contribution >= 0.6 is 11.8 Å². The van der Waals surface area contributed by atoms with Crippen LogP contribution in [0.1, 0.15) is 18.4 Å². The van der Waals surface area contributed by atoms with Gasteiger partial charge >= 0.3 is 0 Å². The minimum atomic E-state index is -0.250. The molecule has 0 aliphatic carbocycles. The summed E-state index contributed by atoms with van der Waals surface area (Å²) in [6, 6.07) is 8.32. The Morgan fingerprint density at radius 1 is 1.47 bits per heavy atom. The van der Waals surface area contributed by atoms with Gasteiger partial charge in [0.05, 0.1) is 12.7 Å². The van der Waals surface area contributed by atoms with Gasteiger partial charge in [0.1, 0.15) is 0 Å². The van der Waals surface area contributed by atoms with Crippen molar-refractivity contribution in [2.75, 3.05) is 19.0 Å². The zero-order valence-electron chi connectivity index (χ0n) is 10.3. The molecule has 2 atom stereocenters. The molecule has 1 heterocycles. The lowest BCUT2D eigenvalue weighted by molar-refractivity contribution is -0.0000399. The molecule has 1 fully saturated rings. The van der Waals surface area contributed by atoms with Crippen molar-refractivity contribution in [2.24, 2.45) is 5.92 Å². The number of hydrogen-bond acceptors (Lipinski definition) is 3. The first-order chi connectivity index (χ1) is 8.27. The molecule has 0 amide bonds. The van der Waals surface area contributed by atoms with Crippen molar-refractivity contribution in [2.45, 2.75) is 30.8 Å². The number of ether oxygens (including phenoxy) is 1. The first-order valence-electron chi connectivity index (χ1n) is 6.21. The number of thioether (sulfide) groups is 1. The largest absolute Gasteiger partial charge is 0.392 e. The van der Waals surface area contributed by atoms with Crippen LogP contribution in [0.2, 0.25) is 0 Å². The van der Waals surface area contributed by atoms with Crippen LogP contribution in [0, 0.1) is 12.8 Å². The van der Waals surface area contributed by atoms with Gasteiger partial charge in [-0.05, 0) is 31.4 Å². The Morgan fingerprint density at radius 2 is 2.29 bits per heavy atom. The highest BCUT2D eigenvalue weighted by atomic mass is 32.2. The van der Waals surface area contributed by atoms with Crippen LogP contribution in [0.4, 0.5) is 0 Å². The van der Waals surface area contributed by atoms with Crippen molar-refractivity contribution in [3.63, 3.8) is 0 Å². The number of benzene rings is 1. The van der Waals surface area contributed by atoms with Gasteiger partial charge in [0.2, 0.25) is 0 Å². The molecule has 94 valence electrons. The number of aryl methyl sites for hydroxylation is 1. The summed E-state index contributed by atoms with van der Waals surface area (Å²) in [5.41, 5.74) is 1.28. The fourth-order valence-electron chi connectivity index (χ4n) is 2.10. The average molecular weight is 252 g/mol. The molecule has 1 aromatic rings. The Hall–Kier alpha value is -0.510. The molecule has 1 aliphatic heterocycles. The molecule has 3 heteroatoms. The Morgan fingerprint density at radius 3 is 3.00 bits per heavy atom. The van der Waals surface area contributed by atoms with E-state index in [1.54, 1.807) is 11.8 Å². The van der Waals surface area contributed by atoms with Gasteiger partial charge in [-0.1, -0.05) is 18.2 Å². The Labute approximate surface area is 107 Å². The minimum Gasteiger partial charge on any atom is -0.392 e. The van der Waals surface area contributed by atoms with E-state index in [1.807, 2.05) is 12.1 Å². The van der Waals surface area contributed by atoms with E-state index in [2.05, 4.69) is 19.1 Å². The van der Waals surface area contributed by atoms with Crippen LogP contribution in [0.15, 0.2) is 29.2 Å². The Balaban J connectivity index is 1.83. The summed E-state index contributed by atoms with van der Waals surface area (Å²) in [5.74, 6) is 1.08. The summed E-state index contributed by atoms with van der Waals surface area (Å²) in [6.45, 7) is 3.68. The number of hydrogen-bond donors (Lipinski definition) is 1. The molecule has 17 heavy (non-hydrogen) atoms. The van der Waals surface area contributed by atoms with Gasteiger partial charge in [-0.3, -0.25) is 0 Å². The van der Waals surface area contributed by atoms with Crippen LogP contribution < -0.4 is 0 Å². The predicted molar refractivity (Wildman–Crippen MR) is 71.5 cm³/mol. The number of rotatable bonds is 4.